The number of rotatable bonds is 10. The van der Waals surface area contributed by atoms with Gasteiger partial charge in [-0.2, -0.15) is 0 Å². The Morgan fingerprint density at radius 2 is 1.11 bits per heavy atom. The van der Waals surface area contributed by atoms with E-state index in [-0.39, 0.29) is 39.4 Å². The van der Waals surface area contributed by atoms with Crippen molar-refractivity contribution in [2.24, 2.45) is 0 Å². The Hall–Kier alpha value is -3.77. The highest BCUT2D eigenvalue weighted by molar-refractivity contribution is 8.01. The maximum absolute atomic E-state index is 14.9. The van der Waals surface area contributed by atoms with Gasteiger partial charge in [-0.1, -0.05) is 30.3 Å². The molecule has 0 spiro atoms. The van der Waals surface area contributed by atoms with Crippen molar-refractivity contribution in [1.29, 1.82) is 0 Å². The molecule has 0 aliphatic rings. The average molecular weight is 512 g/mol. The van der Waals surface area contributed by atoms with Crippen LogP contribution in [0.3, 0.4) is 0 Å². The Morgan fingerprint density at radius 1 is 0.639 bits per heavy atom. The van der Waals surface area contributed by atoms with Crippen LogP contribution in [0.5, 0.6) is 28.7 Å². The van der Waals surface area contributed by atoms with Gasteiger partial charge in [-0.15, -0.1) is 0 Å². The molecule has 1 atom stereocenters. The molecule has 3 rings (SSSR count). The largest absolute Gasteiger partial charge is 0.496 e. The lowest BCUT2D eigenvalue weighted by Gasteiger charge is -2.23. The molecule has 9 heteroatoms. The van der Waals surface area contributed by atoms with Crippen LogP contribution in [0.25, 0.3) is 0 Å². The molecule has 0 amide bonds. The minimum absolute atomic E-state index is 0.0551. The van der Waals surface area contributed by atoms with E-state index in [1.807, 2.05) is 0 Å². The second-order valence-electron chi connectivity index (χ2n) is 7.91. The van der Waals surface area contributed by atoms with E-state index < -0.39 is 18.2 Å². The number of carbonyl (C=O) groups excluding carboxylic acids is 2. The Bertz CT molecular complexity index is 1290. The van der Waals surface area contributed by atoms with Gasteiger partial charge in [-0.3, -0.25) is 9.59 Å². The van der Waals surface area contributed by atoms with E-state index in [4.69, 9.17) is 23.7 Å². The Kier molecular flexibility index (Phi) is 8.10. The van der Waals surface area contributed by atoms with Gasteiger partial charge in [0.2, 0.25) is 18.2 Å². The van der Waals surface area contributed by atoms with Crippen LogP contribution in [0.4, 0.5) is 0 Å². The highest BCUT2D eigenvalue weighted by Crippen LogP contribution is 2.56. The van der Waals surface area contributed by atoms with Crippen molar-refractivity contribution >= 4 is 23.5 Å². The zero-order valence-corrected chi connectivity index (χ0v) is 22.2. The van der Waals surface area contributed by atoms with Crippen LogP contribution in [0.2, 0.25) is 0 Å². The molecule has 0 fully saturated rings. The molecule has 1 unspecified atom stereocenters. The van der Waals surface area contributed by atoms with Gasteiger partial charge in [0.1, 0.15) is 39.9 Å². The van der Waals surface area contributed by atoms with Gasteiger partial charge in [0.15, 0.2) is 0 Å². The SMILES string of the molecule is COc1cc(OC)c(C(=O)P(=O)(C(=O)c2c(OC)c(C)cc(C)c2OC)c2ccccc2)c(OC)c1. The first kappa shape index (κ1) is 26.8. The Labute approximate surface area is 210 Å². The molecule has 0 saturated carbocycles. The summed E-state index contributed by atoms with van der Waals surface area (Å²) in [7, 11) is 2.41. The lowest BCUT2D eigenvalue weighted by molar-refractivity contribution is 0.103. The number of benzene rings is 3. The fraction of sp³-hybridized carbons (Fsp3) is 0.259. The molecular formula is C27H29O8P. The summed E-state index contributed by atoms with van der Waals surface area (Å²) in [6, 6.07) is 12.6. The first-order chi connectivity index (χ1) is 17.2. The molecule has 0 aliphatic heterocycles. The van der Waals surface area contributed by atoms with Crippen LogP contribution in [0.1, 0.15) is 31.8 Å². The van der Waals surface area contributed by atoms with Crippen molar-refractivity contribution in [3.8, 4) is 28.7 Å². The molecule has 0 bridgehead atoms. The quantitative estimate of drug-likeness (QED) is 0.350. The summed E-state index contributed by atoms with van der Waals surface area (Å²) in [5, 5.41) is 0.0585. The molecule has 190 valence electrons. The molecular weight excluding hydrogens is 483 g/mol. The molecule has 0 aliphatic carbocycles. The zero-order valence-electron chi connectivity index (χ0n) is 21.3. The number of ether oxygens (including phenoxy) is 5. The third-order valence-electron chi connectivity index (χ3n) is 5.85. The lowest BCUT2D eigenvalue weighted by Crippen LogP contribution is -2.22. The van der Waals surface area contributed by atoms with Crippen LogP contribution < -0.4 is 29.0 Å². The molecule has 0 radical (unpaired) electrons. The highest BCUT2D eigenvalue weighted by Gasteiger charge is 2.47. The van der Waals surface area contributed by atoms with E-state index >= 15 is 0 Å². The first-order valence-corrected chi connectivity index (χ1v) is 12.7. The molecule has 0 N–H and O–H groups in total. The first-order valence-electron chi connectivity index (χ1n) is 11.0. The number of methoxy groups -OCH3 is 5. The minimum atomic E-state index is -4.56. The molecule has 3 aromatic carbocycles. The smallest absolute Gasteiger partial charge is 0.249 e. The van der Waals surface area contributed by atoms with Gasteiger partial charge < -0.3 is 28.2 Å². The summed E-state index contributed by atoms with van der Waals surface area (Å²) in [5.41, 5.74) is -0.804. The van der Waals surface area contributed by atoms with Crippen LogP contribution in [-0.2, 0) is 4.57 Å². The van der Waals surface area contributed by atoms with Gasteiger partial charge in [0, 0.05) is 17.4 Å². The van der Waals surface area contributed by atoms with E-state index in [2.05, 4.69) is 0 Å². The van der Waals surface area contributed by atoms with Crippen molar-refractivity contribution in [1.82, 2.24) is 0 Å². The van der Waals surface area contributed by atoms with Gasteiger partial charge in [0.25, 0.3) is 0 Å². The number of hydrogen-bond donors (Lipinski definition) is 0. The molecule has 3 aromatic rings. The molecule has 0 aromatic heterocycles. The number of hydrogen-bond acceptors (Lipinski definition) is 8. The van der Waals surface area contributed by atoms with Crippen molar-refractivity contribution in [2.75, 3.05) is 35.5 Å². The predicted molar refractivity (Wildman–Crippen MR) is 137 cm³/mol. The Morgan fingerprint density at radius 3 is 1.53 bits per heavy atom. The predicted octanol–water partition coefficient (Wildman–Crippen LogP) is 5.02. The van der Waals surface area contributed by atoms with Crippen molar-refractivity contribution in [2.45, 2.75) is 13.8 Å². The highest BCUT2D eigenvalue weighted by atomic mass is 31.2. The summed E-state index contributed by atoms with van der Waals surface area (Å²) >= 11 is 0. The average Bonchev–Trinajstić information content (AvgIpc) is 2.90. The number of carbonyl (C=O) groups is 2. The minimum Gasteiger partial charge on any atom is -0.496 e. The topological polar surface area (TPSA) is 97.4 Å². The van der Waals surface area contributed by atoms with Crippen LogP contribution in [-0.4, -0.2) is 46.6 Å². The lowest BCUT2D eigenvalue weighted by atomic mass is 10.0. The third kappa shape index (κ3) is 4.44. The maximum Gasteiger partial charge on any atom is 0.249 e. The second-order valence-corrected chi connectivity index (χ2v) is 10.5. The van der Waals surface area contributed by atoms with E-state index in [9.17, 15) is 14.2 Å². The van der Waals surface area contributed by atoms with Crippen LogP contribution in [0.15, 0.2) is 48.5 Å². The van der Waals surface area contributed by atoms with Gasteiger partial charge in [0.05, 0.1) is 35.5 Å². The standard InChI is InChI=1S/C27H29O8P/c1-16-13-17(2)25(35-7)23(24(16)34-6)27(29)36(30,19-11-9-8-10-12-19)26(28)22-20(32-4)14-18(31-3)15-21(22)33-5/h8-15H,1-7H3. The van der Waals surface area contributed by atoms with Crippen LogP contribution >= 0.6 is 7.14 Å². The summed E-state index contributed by atoms with van der Waals surface area (Å²) in [6.07, 6.45) is 0. The van der Waals surface area contributed by atoms with Crippen molar-refractivity contribution in [3.63, 3.8) is 0 Å². The third-order valence-corrected chi connectivity index (χ3v) is 8.46. The fourth-order valence-electron chi connectivity index (χ4n) is 4.17. The molecule has 36 heavy (non-hydrogen) atoms. The van der Waals surface area contributed by atoms with E-state index in [1.54, 1.807) is 38.1 Å². The monoisotopic (exact) mass is 512 g/mol. The van der Waals surface area contributed by atoms with Crippen LogP contribution in [0, 0.1) is 13.8 Å². The van der Waals surface area contributed by atoms with Crippen molar-refractivity contribution in [3.05, 3.63) is 70.8 Å². The summed E-state index contributed by atoms with van der Waals surface area (Å²) in [5.74, 6) is 0.831. The normalized spacial score (nSPS) is 12.3. The van der Waals surface area contributed by atoms with Crippen molar-refractivity contribution < 1.29 is 37.8 Å². The zero-order chi connectivity index (χ0) is 26.6. The molecule has 0 saturated heterocycles. The maximum atomic E-state index is 14.9. The van der Waals surface area contributed by atoms with Gasteiger partial charge in [-0.05, 0) is 31.0 Å². The van der Waals surface area contributed by atoms with Gasteiger partial charge in [-0.25, -0.2) is 0 Å². The van der Waals surface area contributed by atoms with E-state index in [0.717, 1.165) is 0 Å². The Balaban J connectivity index is 2.42. The summed E-state index contributed by atoms with van der Waals surface area (Å²) in [4.78, 5) is 28.6. The summed E-state index contributed by atoms with van der Waals surface area (Å²) < 4.78 is 42.1. The number of aryl methyl sites for hydroxylation is 2. The van der Waals surface area contributed by atoms with E-state index in [0.29, 0.717) is 16.9 Å². The molecule has 8 nitrogen and oxygen atoms in total. The molecule has 0 heterocycles. The fourth-order valence-corrected chi connectivity index (χ4v) is 6.47. The summed E-state index contributed by atoms with van der Waals surface area (Å²) in [6.45, 7) is 3.51. The van der Waals surface area contributed by atoms with Gasteiger partial charge >= 0.3 is 0 Å². The van der Waals surface area contributed by atoms with E-state index in [1.165, 1.54) is 59.8 Å². The second kappa shape index (κ2) is 10.9.